The molecule has 0 spiro atoms. The molecule has 0 unspecified atom stereocenters. The van der Waals surface area contributed by atoms with E-state index in [9.17, 15) is 13.2 Å². The number of rotatable bonds is 10. The van der Waals surface area contributed by atoms with Crippen LogP contribution in [0.3, 0.4) is 0 Å². The second-order valence-electron chi connectivity index (χ2n) is 9.38. The van der Waals surface area contributed by atoms with Crippen LogP contribution in [0.25, 0.3) is 22.9 Å². The van der Waals surface area contributed by atoms with Gasteiger partial charge in [-0.25, -0.2) is 27.9 Å². The average molecular weight is 547 g/mol. The monoisotopic (exact) mass is 546 g/mol. The summed E-state index contributed by atoms with van der Waals surface area (Å²) in [7, 11) is -3.97. The Kier molecular flexibility index (Phi) is 8.78. The fourth-order valence-corrected chi connectivity index (χ4v) is 5.18. The zero-order valence-corrected chi connectivity index (χ0v) is 23.3. The lowest BCUT2D eigenvalue weighted by molar-refractivity contribution is 0.246. The Balaban J connectivity index is 1.43. The van der Waals surface area contributed by atoms with Crippen LogP contribution in [0.4, 0.5) is 4.79 Å². The minimum Gasteiger partial charge on any atom is -0.337 e. The number of amides is 2. The van der Waals surface area contributed by atoms with Crippen LogP contribution >= 0.6 is 0 Å². The number of nitrogens with one attached hydrogen (secondary N) is 2. The molecule has 4 N–H and O–H groups in total. The summed E-state index contributed by atoms with van der Waals surface area (Å²) in [5.41, 5.74) is 12.0. The molecule has 0 saturated heterocycles. The van der Waals surface area contributed by atoms with Crippen LogP contribution in [0.1, 0.15) is 48.0 Å². The van der Waals surface area contributed by atoms with Crippen molar-refractivity contribution in [3.05, 3.63) is 88.9 Å². The van der Waals surface area contributed by atoms with Gasteiger partial charge in [-0.1, -0.05) is 43.7 Å². The molecule has 4 aromatic rings. The molecule has 0 aliphatic carbocycles. The predicted octanol–water partition coefficient (Wildman–Crippen LogP) is 4.54. The number of aromatic nitrogens is 3. The molecule has 0 radical (unpaired) electrons. The molecule has 2 aromatic carbocycles. The van der Waals surface area contributed by atoms with Gasteiger partial charge in [0.25, 0.3) is 10.0 Å². The molecular formula is C29H34N6O3S. The van der Waals surface area contributed by atoms with Crippen LogP contribution in [0, 0.1) is 13.8 Å². The number of unbranched alkanes of at least 4 members (excludes halogenated alkanes) is 1. The molecule has 0 bridgehead atoms. The number of hydrogen-bond acceptors (Lipinski definition) is 6. The number of benzene rings is 2. The van der Waals surface area contributed by atoms with Crippen molar-refractivity contribution in [3.63, 3.8) is 0 Å². The number of urea groups is 1. The molecule has 204 valence electrons. The van der Waals surface area contributed by atoms with E-state index in [1.807, 2.05) is 55.0 Å². The van der Waals surface area contributed by atoms with E-state index in [0.29, 0.717) is 13.0 Å². The Bertz CT molecular complexity index is 1590. The predicted molar refractivity (Wildman–Crippen MR) is 154 cm³/mol. The van der Waals surface area contributed by atoms with Crippen LogP contribution < -0.4 is 15.8 Å². The van der Waals surface area contributed by atoms with E-state index in [0.717, 1.165) is 57.9 Å². The minimum absolute atomic E-state index is 0.00116. The fourth-order valence-electron chi connectivity index (χ4n) is 4.25. The molecule has 0 aliphatic rings. The van der Waals surface area contributed by atoms with E-state index in [4.69, 9.17) is 15.7 Å². The number of allylic oxidation sites excluding steroid dienone is 1. The van der Waals surface area contributed by atoms with Gasteiger partial charge in [0, 0.05) is 24.5 Å². The number of nitrogens with zero attached hydrogens (tertiary/aromatic N) is 3. The van der Waals surface area contributed by atoms with E-state index < -0.39 is 16.1 Å². The molecule has 0 aliphatic heterocycles. The van der Waals surface area contributed by atoms with E-state index >= 15 is 0 Å². The highest BCUT2D eigenvalue weighted by atomic mass is 32.2. The molecule has 0 saturated carbocycles. The smallest absolute Gasteiger partial charge is 0.328 e. The number of nitrogens with two attached hydrogens (primary N) is 1. The van der Waals surface area contributed by atoms with Crippen molar-refractivity contribution < 1.29 is 13.2 Å². The number of carbonyl (C=O) groups is 1. The maximum atomic E-state index is 12.5. The highest BCUT2D eigenvalue weighted by molar-refractivity contribution is 7.90. The number of fused-ring (bicyclic) bond motifs is 1. The lowest BCUT2D eigenvalue weighted by Gasteiger charge is -2.10. The van der Waals surface area contributed by atoms with Crippen molar-refractivity contribution in [2.75, 3.05) is 6.54 Å². The number of sulfonamides is 1. The lowest BCUT2D eigenvalue weighted by Crippen LogP contribution is -2.40. The summed E-state index contributed by atoms with van der Waals surface area (Å²) in [6, 6.07) is 15.3. The Hall–Kier alpha value is -4.02. The molecule has 2 amide bonds. The van der Waals surface area contributed by atoms with Crippen LogP contribution in [0.15, 0.2) is 65.6 Å². The van der Waals surface area contributed by atoms with Crippen molar-refractivity contribution in [1.29, 1.82) is 0 Å². The third kappa shape index (κ3) is 6.71. The van der Waals surface area contributed by atoms with Gasteiger partial charge in [0.2, 0.25) is 0 Å². The van der Waals surface area contributed by atoms with Crippen molar-refractivity contribution >= 4 is 33.3 Å². The highest BCUT2D eigenvalue weighted by Gasteiger charge is 2.17. The summed E-state index contributed by atoms with van der Waals surface area (Å²) in [6.07, 6.45) is 6.72. The number of carbonyl (C=O) groups excluding carboxylic acids is 1. The van der Waals surface area contributed by atoms with Crippen LogP contribution in [0.5, 0.6) is 0 Å². The summed E-state index contributed by atoms with van der Waals surface area (Å²) < 4.78 is 29.0. The van der Waals surface area contributed by atoms with Crippen molar-refractivity contribution in [2.24, 2.45) is 5.73 Å². The maximum Gasteiger partial charge on any atom is 0.328 e. The van der Waals surface area contributed by atoms with Gasteiger partial charge in [-0.3, -0.25) is 4.57 Å². The van der Waals surface area contributed by atoms with Gasteiger partial charge < -0.3 is 11.1 Å². The SMILES string of the molecule is CCC/C=C/c1nc2c(C)cc(C)nc2n1-c1ccc(CCNC(=O)NS(=O)(=O)c2ccc(CN)cc2)cc1. The largest absolute Gasteiger partial charge is 0.337 e. The number of pyridine rings is 1. The van der Waals surface area contributed by atoms with Gasteiger partial charge in [-0.2, -0.15) is 0 Å². The first-order valence-corrected chi connectivity index (χ1v) is 14.4. The average Bonchev–Trinajstić information content (AvgIpc) is 3.27. The molecule has 9 nitrogen and oxygen atoms in total. The molecule has 0 fully saturated rings. The third-order valence-electron chi connectivity index (χ3n) is 6.27. The second-order valence-corrected chi connectivity index (χ2v) is 11.1. The lowest BCUT2D eigenvalue weighted by atomic mass is 10.1. The van der Waals surface area contributed by atoms with Crippen molar-refractivity contribution in [1.82, 2.24) is 24.6 Å². The quantitative estimate of drug-likeness (QED) is 0.268. The van der Waals surface area contributed by atoms with Crippen molar-refractivity contribution in [3.8, 4) is 5.69 Å². The van der Waals surface area contributed by atoms with Crippen LogP contribution in [0.2, 0.25) is 0 Å². The van der Waals surface area contributed by atoms with Crippen LogP contribution in [-0.2, 0) is 23.0 Å². The highest BCUT2D eigenvalue weighted by Crippen LogP contribution is 2.24. The van der Waals surface area contributed by atoms with Gasteiger partial charge in [0.1, 0.15) is 11.3 Å². The number of hydrogen-bond donors (Lipinski definition) is 3. The molecule has 4 rings (SSSR count). The van der Waals surface area contributed by atoms with Gasteiger partial charge in [-0.05, 0) is 79.8 Å². The Morgan fingerprint density at radius 3 is 2.38 bits per heavy atom. The first-order valence-electron chi connectivity index (χ1n) is 12.9. The van der Waals surface area contributed by atoms with E-state index in [2.05, 4.69) is 22.9 Å². The van der Waals surface area contributed by atoms with E-state index in [1.54, 1.807) is 12.1 Å². The zero-order valence-electron chi connectivity index (χ0n) is 22.4. The molecule has 10 heteroatoms. The van der Waals surface area contributed by atoms with E-state index in [-0.39, 0.29) is 11.4 Å². The van der Waals surface area contributed by atoms with Gasteiger partial charge in [-0.15, -0.1) is 0 Å². The Morgan fingerprint density at radius 1 is 1.03 bits per heavy atom. The topological polar surface area (TPSA) is 132 Å². The standard InChI is InChI=1S/C29H34N6O3S/c1-4-5-6-7-26-33-27-20(2)18-21(3)32-28(27)35(26)24-12-8-22(9-13-24)16-17-31-29(36)34-39(37,38)25-14-10-23(19-30)11-15-25/h6-15,18H,4-5,16-17,19,30H2,1-3H3,(H2,31,34,36)/b7-6+. The number of imidazole rings is 1. The molecule has 2 heterocycles. The fraction of sp³-hybridized carbons (Fsp3) is 0.276. The maximum absolute atomic E-state index is 12.5. The zero-order chi connectivity index (χ0) is 28.0. The first-order chi connectivity index (χ1) is 18.7. The first kappa shape index (κ1) is 28.0. The van der Waals surface area contributed by atoms with Gasteiger partial charge in [0.15, 0.2) is 5.65 Å². The van der Waals surface area contributed by atoms with Crippen LogP contribution in [-0.4, -0.2) is 35.5 Å². The Morgan fingerprint density at radius 2 is 1.72 bits per heavy atom. The summed E-state index contributed by atoms with van der Waals surface area (Å²) >= 11 is 0. The number of aryl methyl sites for hydroxylation is 2. The summed E-state index contributed by atoms with van der Waals surface area (Å²) in [4.78, 5) is 21.9. The third-order valence-corrected chi connectivity index (χ3v) is 7.62. The summed E-state index contributed by atoms with van der Waals surface area (Å²) in [5, 5.41) is 2.61. The molecular weight excluding hydrogens is 512 g/mol. The molecule has 0 atom stereocenters. The molecule has 39 heavy (non-hydrogen) atoms. The van der Waals surface area contributed by atoms with Gasteiger partial charge in [0.05, 0.1) is 4.90 Å². The second kappa shape index (κ2) is 12.2. The van der Waals surface area contributed by atoms with Gasteiger partial charge >= 0.3 is 6.03 Å². The summed E-state index contributed by atoms with van der Waals surface area (Å²) in [6.45, 7) is 6.74. The minimum atomic E-state index is -3.97. The van der Waals surface area contributed by atoms with E-state index in [1.165, 1.54) is 12.1 Å². The molecule has 2 aromatic heterocycles. The Labute approximate surface area is 229 Å². The normalized spacial score (nSPS) is 11.8. The van der Waals surface area contributed by atoms with Crippen molar-refractivity contribution in [2.45, 2.75) is 51.5 Å². The summed E-state index contributed by atoms with van der Waals surface area (Å²) in [5.74, 6) is 0.824.